The lowest BCUT2D eigenvalue weighted by Gasteiger charge is -2.26. The molecule has 0 aromatic heterocycles. The number of allylic oxidation sites excluding steroid dienone is 6. The van der Waals surface area contributed by atoms with Gasteiger partial charge in [-0.05, 0) is 81.8 Å². The number of morpholine rings is 1. The normalized spacial score (nSPS) is 14.2. The fourth-order valence-corrected chi connectivity index (χ4v) is 3.94. The summed E-state index contributed by atoms with van der Waals surface area (Å²) < 4.78 is 5.26. The van der Waals surface area contributed by atoms with Crippen molar-refractivity contribution in [3.05, 3.63) is 94.6 Å². The van der Waals surface area contributed by atoms with Crippen molar-refractivity contribution >= 4 is 11.3 Å². The van der Waals surface area contributed by atoms with E-state index in [2.05, 4.69) is 88.9 Å². The van der Waals surface area contributed by atoms with Gasteiger partial charge in [0, 0.05) is 18.8 Å². The van der Waals surface area contributed by atoms with E-state index in [1.807, 2.05) is 45.0 Å². The molecule has 1 aliphatic heterocycles. The van der Waals surface area contributed by atoms with Crippen LogP contribution in [0, 0.1) is 6.92 Å². The molecule has 224 valence electrons. The molecule has 1 heterocycles. The molecule has 3 nitrogen and oxygen atoms in total. The second-order valence-corrected chi connectivity index (χ2v) is 9.99. The van der Waals surface area contributed by atoms with Crippen LogP contribution in [0.25, 0.3) is 5.57 Å². The summed E-state index contributed by atoms with van der Waals surface area (Å²) in [6.45, 7) is 24.5. The number of unbranched alkanes of at least 4 members (excludes halogenated alkanes) is 2. The fraction of sp³-hybridized carbons (Fsp3) is 0.514. The maximum Gasteiger partial charge on any atom is 0.0594 e. The second-order valence-electron chi connectivity index (χ2n) is 9.99. The monoisotopic (exact) mass is 548 g/mol. The van der Waals surface area contributed by atoms with Crippen molar-refractivity contribution in [3.8, 4) is 0 Å². The average molecular weight is 549 g/mol. The number of nitrogens with two attached hydrogens (primary N) is 1. The molecule has 0 radical (unpaired) electrons. The molecule has 0 bridgehead atoms. The minimum absolute atomic E-state index is 0.868. The highest BCUT2D eigenvalue weighted by atomic mass is 16.5. The zero-order chi connectivity index (χ0) is 30.2. The predicted octanol–water partition coefficient (Wildman–Crippen LogP) is 10.1. The van der Waals surface area contributed by atoms with Crippen LogP contribution in [0.4, 0.5) is 5.69 Å². The van der Waals surface area contributed by atoms with Crippen LogP contribution < -0.4 is 5.73 Å². The van der Waals surface area contributed by atoms with E-state index >= 15 is 0 Å². The molecule has 1 fully saturated rings. The first kappa shape index (κ1) is 37.4. The third kappa shape index (κ3) is 16.5. The van der Waals surface area contributed by atoms with E-state index < -0.39 is 0 Å². The summed E-state index contributed by atoms with van der Waals surface area (Å²) in [7, 11) is 0. The van der Waals surface area contributed by atoms with Crippen LogP contribution in [0.1, 0.15) is 97.8 Å². The molecule has 0 atom stereocenters. The van der Waals surface area contributed by atoms with Crippen LogP contribution in [0.2, 0.25) is 0 Å². The Morgan fingerprint density at radius 1 is 0.925 bits per heavy atom. The smallest absolute Gasteiger partial charge is 0.0594 e. The van der Waals surface area contributed by atoms with Crippen LogP contribution in [0.15, 0.2) is 77.9 Å². The first-order valence-electron chi connectivity index (χ1n) is 15.6. The van der Waals surface area contributed by atoms with Gasteiger partial charge >= 0.3 is 0 Å². The number of para-hydroxylation sites is 1. The summed E-state index contributed by atoms with van der Waals surface area (Å²) >= 11 is 0. The second kappa shape index (κ2) is 24.2. The Morgan fingerprint density at radius 3 is 2.12 bits per heavy atom. The molecule has 0 amide bonds. The van der Waals surface area contributed by atoms with E-state index in [1.165, 1.54) is 53.7 Å². The molecule has 3 rings (SSSR count). The molecular formula is C37H60N2O. The molecule has 0 saturated carbocycles. The van der Waals surface area contributed by atoms with Crippen molar-refractivity contribution in [1.29, 1.82) is 0 Å². The van der Waals surface area contributed by atoms with Crippen molar-refractivity contribution in [3.63, 3.8) is 0 Å². The third-order valence-electron chi connectivity index (χ3n) is 6.97. The first-order chi connectivity index (χ1) is 19.4. The van der Waals surface area contributed by atoms with Gasteiger partial charge in [0.05, 0.1) is 13.2 Å². The zero-order valence-electron chi connectivity index (χ0n) is 27.4. The molecule has 1 saturated heterocycles. The first-order valence-corrected chi connectivity index (χ1v) is 15.6. The van der Waals surface area contributed by atoms with Gasteiger partial charge < -0.3 is 10.5 Å². The number of hydrogen-bond donors (Lipinski definition) is 1. The summed E-state index contributed by atoms with van der Waals surface area (Å²) in [4.78, 5) is 2.50. The fourth-order valence-electron chi connectivity index (χ4n) is 3.94. The quantitative estimate of drug-likeness (QED) is 0.192. The molecule has 3 heteroatoms. The molecular weight excluding hydrogens is 488 g/mol. The summed E-state index contributed by atoms with van der Waals surface area (Å²) in [5.74, 6) is 0. The third-order valence-corrected chi connectivity index (χ3v) is 6.97. The number of aryl methyl sites for hydroxylation is 2. The molecule has 2 aromatic rings. The Labute approximate surface area is 248 Å². The van der Waals surface area contributed by atoms with Crippen molar-refractivity contribution in [2.75, 3.05) is 38.6 Å². The van der Waals surface area contributed by atoms with Crippen LogP contribution >= 0.6 is 0 Å². The van der Waals surface area contributed by atoms with Gasteiger partial charge in [-0.1, -0.05) is 119 Å². The lowest BCUT2D eigenvalue weighted by Crippen LogP contribution is -2.36. The van der Waals surface area contributed by atoms with Crippen LogP contribution in [0.5, 0.6) is 0 Å². The lowest BCUT2D eigenvalue weighted by molar-refractivity contribution is 0.0372. The van der Waals surface area contributed by atoms with Gasteiger partial charge in [-0.3, -0.25) is 4.90 Å². The molecule has 0 aliphatic carbocycles. The topological polar surface area (TPSA) is 38.5 Å². The predicted molar refractivity (Wildman–Crippen MR) is 181 cm³/mol. The van der Waals surface area contributed by atoms with Gasteiger partial charge in [0.1, 0.15) is 0 Å². The van der Waals surface area contributed by atoms with Gasteiger partial charge in [0.2, 0.25) is 0 Å². The van der Waals surface area contributed by atoms with Crippen LogP contribution in [-0.4, -0.2) is 37.7 Å². The molecule has 2 N–H and O–H groups in total. The summed E-state index contributed by atoms with van der Waals surface area (Å²) in [6, 6.07) is 16.7. The van der Waals surface area contributed by atoms with Gasteiger partial charge in [-0.25, -0.2) is 0 Å². The zero-order valence-corrected chi connectivity index (χ0v) is 27.4. The highest BCUT2D eigenvalue weighted by molar-refractivity contribution is 5.77. The number of ether oxygens (including phenoxy) is 1. The SMILES string of the molecule is CC.CCCCCN1CCOCC1.C\C=C(C)/C=C\C(=C(/C)CC)c1cccc(CC)c1.Cc1ccccc1N. The Kier molecular flexibility index (Phi) is 22.6. The largest absolute Gasteiger partial charge is 0.399 e. The summed E-state index contributed by atoms with van der Waals surface area (Å²) in [5, 5.41) is 0. The van der Waals surface area contributed by atoms with Gasteiger partial charge in [-0.15, -0.1) is 0 Å². The Hall–Kier alpha value is -2.62. The highest BCUT2D eigenvalue weighted by Gasteiger charge is 2.08. The van der Waals surface area contributed by atoms with Crippen molar-refractivity contribution in [2.45, 2.75) is 94.4 Å². The van der Waals surface area contributed by atoms with Gasteiger partial charge in [-0.2, -0.15) is 0 Å². The molecule has 0 spiro atoms. The van der Waals surface area contributed by atoms with Crippen molar-refractivity contribution < 1.29 is 4.74 Å². The number of anilines is 1. The Balaban J connectivity index is 0.000000609. The number of nitrogens with zero attached hydrogens (tertiary/aromatic N) is 1. The Morgan fingerprint density at radius 2 is 1.60 bits per heavy atom. The van der Waals surface area contributed by atoms with Crippen molar-refractivity contribution in [1.82, 2.24) is 4.90 Å². The maximum atomic E-state index is 5.52. The Bertz CT molecular complexity index is 976. The molecule has 0 unspecified atom stereocenters. The van der Waals surface area contributed by atoms with E-state index in [4.69, 9.17) is 10.5 Å². The van der Waals surface area contributed by atoms with Gasteiger partial charge in [0.25, 0.3) is 0 Å². The molecule has 1 aliphatic rings. The van der Waals surface area contributed by atoms with Crippen LogP contribution in [-0.2, 0) is 11.2 Å². The van der Waals surface area contributed by atoms with E-state index in [1.54, 1.807) is 0 Å². The number of hydrogen-bond acceptors (Lipinski definition) is 3. The van der Waals surface area contributed by atoms with E-state index in [9.17, 15) is 0 Å². The average Bonchev–Trinajstić information content (AvgIpc) is 3.01. The molecule has 40 heavy (non-hydrogen) atoms. The number of benzene rings is 2. The summed E-state index contributed by atoms with van der Waals surface area (Å²) in [6.07, 6.45) is 12.8. The van der Waals surface area contributed by atoms with E-state index in [0.717, 1.165) is 50.4 Å². The lowest BCUT2D eigenvalue weighted by atomic mass is 9.96. The number of nitrogen functional groups attached to an aromatic ring is 1. The number of rotatable bonds is 9. The minimum atomic E-state index is 0.868. The molecule has 2 aromatic carbocycles. The van der Waals surface area contributed by atoms with Crippen molar-refractivity contribution in [2.24, 2.45) is 0 Å². The van der Waals surface area contributed by atoms with E-state index in [-0.39, 0.29) is 0 Å². The van der Waals surface area contributed by atoms with Crippen LogP contribution in [0.3, 0.4) is 0 Å². The standard InChI is InChI=1S/C19H26.C9H19NO.C7H9N.C2H6/c1-6-15(4)12-13-19(16(5)7-2)18-11-9-10-17(8-3)14-18;1-2-3-4-5-10-6-8-11-9-7-10;1-6-4-2-3-5-7(6)8;1-2/h6,9-14H,7-8H2,1-5H3;2-9H2,1H3;2-5H,8H2,1H3;1-2H3/b13-12-,15-6-,19-16-;;;. The van der Waals surface area contributed by atoms with Gasteiger partial charge in [0.15, 0.2) is 0 Å². The maximum absolute atomic E-state index is 5.52. The summed E-state index contributed by atoms with van der Waals surface area (Å²) in [5.41, 5.74) is 14.4. The van der Waals surface area contributed by atoms with E-state index in [0.29, 0.717) is 0 Å². The minimum Gasteiger partial charge on any atom is -0.399 e. The highest BCUT2D eigenvalue weighted by Crippen LogP contribution is 2.24.